The molecule has 2 heterocycles. The number of nitrogens with zero attached hydrogens (tertiary/aromatic N) is 2. The normalized spacial score (nSPS) is 10.9. The van der Waals surface area contributed by atoms with Crippen LogP contribution in [0.4, 0.5) is 26.4 Å². The largest absolute Gasteiger partial charge is 0.383 e. The van der Waals surface area contributed by atoms with Crippen molar-refractivity contribution in [3.63, 3.8) is 0 Å². The first-order valence-electron chi connectivity index (χ1n) is 8.55. The number of halogens is 2. The van der Waals surface area contributed by atoms with Crippen LogP contribution in [0.5, 0.6) is 0 Å². The molecule has 4 N–H and O–H groups in total. The molecule has 2 aromatic carbocycles. The summed E-state index contributed by atoms with van der Waals surface area (Å²) in [4.78, 5) is 22.5. The molecule has 0 saturated carbocycles. The number of rotatable bonds is 3. The summed E-state index contributed by atoms with van der Waals surface area (Å²) in [6, 6.07) is 11.2. The van der Waals surface area contributed by atoms with Crippen LogP contribution in [-0.4, -0.2) is 16.0 Å². The van der Waals surface area contributed by atoms with Crippen LogP contribution in [0.3, 0.4) is 0 Å². The van der Waals surface area contributed by atoms with E-state index >= 15 is 0 Å². The quantitative estimate of drug-likeness (QED) is 0.352. The summed E-state index contributed by atoms with van der Waals surface area (Å²) < 4.78 is 14.5. The number of urea groups is 1. The number of nitrogen functional groups attached to an aromatic ring is 1. The van der Waals surface area contributed by atoms with Crippen molar-refractivity contribution in [1.82, 2.24) is 9.97 Å². The number of nitrogens with one attached hydrogen (secondary N) is 2. The molecule has 6 nitrogen and oxygen atoms in total. The number of fused-ring (bicyclic) bond motifs is 1. The summed E-state index contributed by atoms with van der Waals surface area (Å²) >= 11 is 4.74. The highest BCUT2D eigenvalue weighted by Gasteiger charge is 2.15. The number of nitrogens with two attached hydrogens (primary N) is 1. The maximum absolute atomic E-state index is 13.9. The molecule has 2 amide bonds. The lowest BCUT2D eigenvalue weighted by Crippen LogP contribution is -2.20. The molecule has 2 aromatic heterocycles. The van der Waals surface area contributed by atoms with E-state index in [4.69, 9.17) is 5.73 Å². The van der Waals surface area contributed by atoms with Crippen LogP contribution in [0.15, 0.2) is 53.3 Å². The van der Waals surface area contributed by atoms with Gasteiger partial charge in [0.2, 0.25) is 0 Å². The molecule has 0 aliphatic heterocycles. The monoisotopic (exact) mass is 471 g/mol. The van der Waals surface area contributed by atoms with Crippen molar-refractivity contribution in [3.8, 4) is 11.1 Å². The Balaban J connectivity index is 1.54. The third kappa shape index (κ3) is 3.92. The second-order valence-corrected chi connectivity index (χ2v) is 8.37. The van der Waals surface area contributed by atoms with Crippen molar-refractivity contribution >= 4 is 60.7 Å². The van der Waals surface area contributed by atoms with E-state index in [0.717, 1.165) is 26.2 Å². The molecule has 4 rings (SSSR count). The standard InChI is InChI=1S/C20H15BrFN5OS/c1-10-16(17-18(23)24-9-25-19(17)29-10)11-2-5-13(6-3-11)26-20(28)27-15-7-4-12(21)8-14(15)22/h2-9H,1H3,(H2,23,24,25)(H2,26,27,28). The van der Waals surface area contributed by atoms with Crippen molar-refractivity contribution in [2.45, 2.75) is 6.92 Å². The van der Waals surface area contributed by atoms with Gasteiger partial charge in [0.15, 0.2) is 0 Å². The predicted molar refractivity (Wildman–Crippen MR) is 119 cm³/mol. The molecule has 146 valence electrons. The lowest BCUT2D eigenvalue weighted by molar-refractivity contribution is 0.262. The molecule has 0 spiro atoms. The summed E-state index contributed by atoms with van der Waals surface area (Å²) in [5.74, 6) is -0.0862. The molecule has 0 aliphatic carbocycles. The van der Waals surface area contributed by atoms with Crippen molar-refractivity contribution in [1.29, 1.82) is 0 Å². The van der Waals surface area contributed by atoms with E-state index in [9.17, 15) is 9.18 Å². The molecule has 0 saturated heterocycles. The number of anilines is 3. The zero-order valence-electron chi connectivity index (χ0n) is 15.2. The maximum Gasteiger partial charge on any atom is 0.323 e. The Morgan fingerprint density at radius 3 is 2.62 bits per heavy atom. The number of amides is 2. The van der Waals surface area contributed by atoms with E-state index in [0.29, 0.717) is 16.0 Å². The zero-order chi connectivity index (χ0) is 20.5. The number of aryl methyl sites for hydroxylation is 1. The van der Waals surface area contributed by atoms with E-state index in [1.165, 1.54) is 18.5 Å². The van der Waals surface area contributed by atoms with Crippen LogP contribution >= 0.6 is 27.3 Å². The van der Waals surface area contributed by atoms with Gasteiger partial charge in [0.25, 0.3) is 0 Å². The minimum atomic E-state index is -0.534. The molecule has 0 fully saturated rings. The molecule has 0 atom stereocenters. The van der Waals surface area contributed by atoms with Gasteiger partial charge in [0, 0.05) is 20.6 Å². The second-order valence-electron chi connectivity index (χ2n) is 6.25. The van der Waals surface area contributed by atoms with Gasteiger partial charge >= 0.3 is 6.03 Å². The Bertz CT molecular complexity index is 1230. The minimum Gasteiger partial charge on any atom is -0.383 e. The number of carbonyl (C=O) groups excluding carboxylic acids is 1. The molecule has 29 heavy (non-hydrogen) atoms. The first-order chi connectivity index (χ1) is 13.9. The van der Waals surface area contributed by atoms with Crippen molar-refractivity contribution in [2.24, 2.45) is 0 Å². The second kappa shape index (κ2) is 7.76. The molecule has 4 aromatic rings. The van der Waals surface area contributed by atoms with Crippen molar-refractivity contribution in [3.05, 3.63) is 64.0 Å². The highest BCUT2D eigenvalue weighted by atomic mass is 79.9. The summed E-state index contributed by atoms with van der Waals surface area (Å²) in [6.07, 6.45) is 1.46. The van der Waals surface area contributed by atoms with Crippen LogP contribution in [0, 0.1) is 12.7 Å². The van der Waals surface area contributed by atoms with Crippen LogP contribution < -0.4 is 16.4 Å². The first kappa shape index (κ1) is 19.3. The van der Waals surface area contributed by atoms with E-state index in [-0.39, 0.29) is 5.69 Å². The number of carbonyl (C=O) groups is 1. The number of hydrogen-bond acceptors (Lipinski definition) is 5. The first-order valence-corrected chi connectivity index (χ1v) is 10.2. The van der Waals surface area contributed by atoms with Gasteiger partial charge in [-0.25, -0.2) is 19.2 Å². The van der Waals surface area contributed by atoms with Gasteiger partial charge in [-0.1, -0.05) is 28.1 Å². The Labute approximate surface area is 178 Å². The minimum absolute atomic E-state index is 0.0955. The van der Waals surface area contributed by atoms with E-state index in [2.05, 4.69) is 36.5 Å². The van der Waals surface area contributed by atoms with Crippen LogP contribution in [0.1, 0.15) is 4.88 Å². The van der Waals surface area contributed by atoms with E-state index in [1.807, 2.05) is 19.1 Å². The predicted octanol–water partition coefficient (Wildman–Crippen LogP) is 5.79. The lowest BCUT2D eigenvalue weighted by atomic mass is 10.0. The fraction of sp³-hybridized carbons (Fsp3) is 0.0500. The van der Waals surface area contributed by atoms with Gasteiger partial charge < -0.3 is 16.4 Å². The number of aromatic nitrogens is 2. The Hall–Kier alpha value is -3.04. The zero-order valence-corrected chi connectivity index (χ0v) is 17.6. The van der Waals surface area contributed by atoms with Crippen LogP contribution in [0.25, 0.3) is 21.3 Å². The SMILES string of the molecule is Cc1sc2ncnc(N)c2c1-c1ccc(NC(=O)Nc2ccc(Br)cc2F)cc1. The number of benzene rings is 2. The van der Waals surface area contributed by atoms with Gasteiger partial charge in [-0.05, 0) is 42.8 Å². The Kier molecular flexibility index (Phi) is 5.16. The van der Waals surface area contributed by atoms with Gasteiger partial charge in [-0.15, -0.1) is 11.3 Å². The summed E-state index contributed by atoms with van der Waals surface area (Å²) in [6.45, 7) is 2.01. The average molecular weight is 472 g/mol. The Morgan fingerprint density at radius 2 is 1.90 bits per heavy atom. The molecular weight excluding hydrogens is 457 g/mol. The third-order valence-electron chi connectivity index (χ3n) is 4.30. The molecule has 0 aliphatic rings. The summed E-state index contributed by atoms with van der Waals surface area (Å²) in [5, 5.41) is 6.02. The van der Waals surface area contributed by atoms with Gasteiger partial charge in [0.05, 0.1) is 11.1 Å². The molecule has 9 heteroatoms. The smallest absolute Gasteiger partial charge is 0.323 e. The van der Waals surface area contributed by atoms with Crippen molar-refractivity contribution < 1.29 is 9.18 Å². The molecular formula is C20H15BrFN5OS. The number of thiophene rings is 1. The highest BCUT2D eigenvalue weighted by Crippen LogP contribution is 2.39. The fourth-order valence-electron chi connectivity index (χ4n) is 3.01. The highest BCUT2D eigenvalue weighted by molar-refractivity contribution is 9.10. The van der Waals surface area contributed by atoms with Crippen LogP contribution in [-0.2, 0) is 0 Å². The number of hydrogen-bond donors (Lipinski definition) is 3. The molecule has 0 unspecified atom stereocenters. The third-order valence-corrected chi connectivity index (χ3v) is 5.81. The van der Waals surface area contributed by atoms with Gasteiger partial charge in [-0.2, -0.15) is 0 Å². The topological polar surface area (TPSA) is 92.9 Å². The summed E-state index contributed by atoms with van der Waals surface area (Å²) in [5.41, 5.74) is 8.65. The maximum atomic E-state index is 13.9. The van der Waals surface area contributed by atoms with Crippen LogP contribution in [0.2, 0.25) is 0 Å². The molecule has 0 radical (unpaired) electrons. The van der Waals surface area contributed by atoms with Gasteiger partial charge in [0.1, 0.15) is 22.8 Å². The summed E-state index contributed by atoms with van der Waals surface area (Å²) in [7, 11) is 0. The van der Waals surface area contributed by atoms with Crippen molar-refractivity contribution in [2.75, 3.05) is 16.4 Å². The van der Waals surface area contributed by atoms with E-state index < -0.39 is 11.8 Å². The Morgan fingerprint density at radius 1 is 1.14 bits per heavy atom. The lowest BCUT2D eigenvalue weighted by Gasteiger charge is -2.10. The fourth-order valence-corrected chi connectivity index (χ4v) is 4.36. The van der Waals surface area contributed by atoms with Gasteiger partial charge in [-0.3, -0.25) is 0 Å². The molecule has 0 bridgehead atoms. The van der Waals surface area contributed by atoms with E-state index in [1.54, 1.807) is 29.5 Å². The average Bonchev–Trinajstić information content (AvgIpc) is 3.02.